The van der Waals surface area contributed by atoms with Gasteiger partial charge in [-0.05, 0) is 68.8 Å². The van der Waals surface area contributed by atoms with E-state index >= 15 is 0 Å². The molecular weight excluding hydrogens is 509 g/mol. The summed E-state index contributed by atoms with van der Waals surface area (Å²) in [6.45, 7) is 1.08. The molecule has 0 aliphatic carbocycles. The number of pyridine rings is 1. The lowest BCUT2D eigenvalue weighted by Gasteiger charge is -2.31. The molecule has 0 radical (unpaired) electrons. The first kappa shape index (κ1) is 26.8. The van der Waals surface area contributed by atoms with E-state index in [0.29, 0.717) is 23.4 Å². The SMILES string of the molecule is Cc1oc(-c2ccc(C(=O)NCc3cccnc3)cc2)nc1CS(=O)(=O)C1CCN(CC(F)(F)F)CC1. The normalized spacial score (nSPS) is 15.6. The quantitative estimate of drug-likeness (QED) is 0.465. The van der Waals surface area contributed by atoms with Gasteiger partial charge in [0.05, 0.1) is 23.2 Å². The van der Waals surface area contributed by atoms with Crippen molar-refractivity contribution >= 4 is 15.7 Å². The predicted molar refractivity (Wildman–Crippen MR) is 130 cm³/mol. The molecule has 198 valence electrons. The van der Waals surface area contributed by atoms with Crippen LogP contribution in [0.3, 0.4) is 0 Å². The summed E-state index contributed by atoms with van der Waals surface area (Å²) in [6, 6.07) is 10.2. The smallest absolute Gasteiger partial charge is 0.401 e. The molecule has 37 heavy (non-hydrogen) atoms. The van der Waals surface area contributed by atoms with Crippen molar-refractivity contribution in [2.24, 2.45) is 0 Å². The Morgan fingerprint density at radius 2 is 1.86 bits per heavy atom. The Balaban J connectivity index is 1.36. The first-order valence-electron chi connectivity index (χ1n) is 11.7. The van der Waals surface area contributed by atoms with Gasteiger partial charge in [0.25, 0.3) is 5.91 Å². The maximum Gasteiger partial charge on any atom is 0.401 e. The second-order valence-electron chi connectivity index (χ2n) is 9.04. The Morgan fingerprint density at radius 1 is 1.16 bits per heavy atom. The zero-order valence-corrected chi connectivity index (χ0v) is 21.0. The molecule has 2 aromatic heterocycles. The molecule has 1 fully saturated rings. The Labute approximate surface area is 212 Å². The van der Waals surface area contributed by atoms with E-state index in [4.69, 9.17) is 4.42 Å². The number of oxazole rings is 1. The van der Waals surface area contributed by atoms with E-state index in [2.05, 4.69) is 15.3 Å². The van der Waals surface area contributed by atoms with E-state index in [0.717, 1.165) is 5.56 Å². The van der Waals surface area contributed by atoms with Gasteiger partial charge in [-0.3, -0.25) is 14.7 Å². The number of rotatable bonds is 8. The molecule has 1 aliphatic rings. The van der Waals surface area contributed by atoms with Crippen molar-refractivity contribution in [2.75, 3.05) is 19.6 Å². The van der Waals surface area contributed by atoms with E-state index in [1.54, 1.807) is 49.6 Å². The van der Waals surface area contributed by atoms with Gasteiger partial charge in [-0.1, -0.05) is 6.07 Å². The molecular formula is C25H27F3N4O4S. The number of hydrogen-bond donors (Lipinski definition) is 1. The number of piperidine rings is 1. The standard InChI is InChI=1S/C25H27F3N4O4S/c1-17-22(15-37(34,35)21-8-11-32(12-9-21)16-25(26,27)28)31-24(36-17)20-6-4-19(5-7-20)23(33)30-14-18-3-2-10-29-13-18/h2-7,10,13,21H,8-9,11-12,14-16H2,1H3,(H,30,33). The molecule has 0 atom stereocenters. The minimum absolute atomic E-state index is 0.0780. The van der Waals surface area contributed by atoms with Gasteiger partial charge in [0.15, 0.2) is 9.84 Å². The van der Waals surface area contributed by atoms with Crippen LogP contribution in [0.15, 0.2) is 53.2 Å². The molecule has 1 saturated heterocycles. The number of alkyl halides is 3. The van der Waals surface area contributed by atoms with Crippen molar-refractivity contribution in [3.05, 3.63) is 71.4 Å². The van der Waals surface area contributed by atoms with Gasteiger partial charge < -0.3 is 9.73 Å². The third kappa shape index (κ3) is 7.16. The third-order valence-corrected chi connectivity index (χ3v) is 8.41. The number of aryl methyl sites for hydroxylation is 1. The number of hydrogen-bond acceptors (Lipinski definition) is 7. The van der Waals surface area contributed by atoms with E-state index in [9.17, 15) is 26.4 Å². The zero-order valence-electron chi connectivity index (χ0n) is 20.2. The highest BCUT2D eigenvalue weighted by Gasteiger charge is 2.36. The highest BCUT2D eigenvalue weighted by molar-refractivity contribution is 7.91. The van der Waals surface area contributed by atoms with Crippen LogP contribution in [0.1, 0.15) is 40.2 Å². The van der Waals surface area contributed by atoms with Gasteiger partial charge >= 0.3 is 6.18 Å². The lowest BCUT2D eigenvalue weighted by atomic mass is 10.1. The van der Waals surface area contributed by atoms with Gasteiger partial charge in [0.2, 0.25) is 5.89 Å². The lowest BCUT2D eigenvalue weighted by molar-refractivity contribution is -0.147. The van der Waals surface area contributed by atoms with Gasteiger partial charge in [-0.15, -0.1) is 0 Å². The Bertz CT molecular complexity index is 1320. The molecule has 0 bridgehead atoms. The molecule has 8 nitrogen and oxygen atoms in total. The van der Waals surface area contributed by atoms with Crippen molar-refractivity contribution < 1.29 is 30.8 Å². The first-order valence-corrected chi connectivity index (χ1v) is 13.5. The number of nitrogens with one attached hydrogen (secondary N) is 1. The summed E-state index contributed by atoms with van der Waals surface area (Å²) in [6.07, 6.45) is -0.690. The number of aromatic nitrogens is 2. The van der Waals surface area contributed by atoms with Crippen LogP contribution in [0.25, 0.3) is 11.5 Å². The third-order valence-electron chi connectivity index (χ3n) is 6.25. The van der Waals surface area contributed by atoms with Crippen LogP contribution in [0.5, 0.6) is 0 Å². The molecule has 3 aromatic rings. The Morgan fingerprint density at radius 3 is 2.49 bits per heavy atom. The molecule has 0 spiro atoms. The van der Waals surface area contributed by atoms with Gasteiger partial charge in [-0.25, -0.2) is 13.4 Å². The zero-order chi connectivity index (χ0) is 26.6. The summed E-state index contributed by atoms with van der Waals surface area (Å²) in [5, 5.41) is 2.09. The summed E-state index contributed by atoms with van der Waals surface area (Å²) in [5.41, 5.74) is 2.16. The molecule has 1 N–H and O–H groups in total. The molecule has 1 amide bonds. The van der Waals surface area contributed by atoms with Crippen LogP contribution < -0.4 is 5.32 Å². The van der Waals surface area contributed by atoms with Gasteiger partial charge in [0.1, 0.15) is 5.76 Å². The average Bonchev–Trinajstić information content (AvgIpc) is 3.22. The van der Waals surface area contributed by atoms with Crippen molar-refractivity contribution in [1.82, 2.24) is 20.2 Å². The summed E-state index contributed by atoms with van der Waals surface area (Å²) >= 11 is 0. The number of benzene rings is 1. The Hall–Kier alpha value is -3.25. The second-order valence-corrected chi connectivity index (χ2v) is 11.3. The van der Waals surface area contributed by atoms with Crippen molar-refractivity contribution in [1.29, 1.82) is 0 Å². The van der Waals surface area contributed by atoms with Crippen LogP contribution in [0.4, 0.5) is 13.2 Å². The van der Waals surface area contributed by atoms with E-state index < -0.39 is 27.8 Å². The fourth-order valence-corrected chi connectivity index (χ4v) is 6.04. The average molecular weight is 537 g/mol. The van der Waals surface area contributed by atoms with Gasteiger partial charge in [-0.2, -0.15) is 13.2 Å². The Kier molecular flexibility index (Phi) is 7.98. The van der Waals surface area contributed by atoms with Crippen molar-refractivity contribution in [2.45, 2.75) is 43.5 Å². The molecule has 1 aromatic carbocycles. The van der Waals surface area contributed by atoms with Gasteiger partial charge in [0, 0.05) is 30.1 Å². The lowest BCUT2D eigenvalue weighted by Crippen LogP contribution is -2.43. The van der Waals surface area contributed by atoms with E-state index in [1.165, 1.54) is 4.90 Å². The fraction of sp³-hybridized carbons (Fsp3) is 0.400. The summed E-state index contributed by atoms with van der Waals surface area (Å²) < 4.78 is 69.4. The number of amides is 1. The predicted octanol–water partition coefficient (Wildman–Crippen LogP) is 3.92. The largest absolute Gasteiger partial charge is 0.441 e. The number of halogens is 3. The number of likely N-dealkylation sites (tertiary alicyclic amines) is 1. The highest BCUT2D eigenvalue weighted by Crippen LogP contribution is 2.27. The van der Waals surface area contributed by atoms with Crippen molar-refractivity contribution in [3.63, 3.8) is 0 Å². The van der Waals surface area contributed by atoms with Crippen LogP contribution in [-0.2, 0) is 22.1 Å². The number of carbonyl (C=O) groups is 1. The molecule has 0 unspecified atom stereocenters. The summed E-state index contributed by atoms with van der Waals surface area (Å²) in [4.78, 5) is 22.0. The first-order chi connectivity index (χ1) is 17.5. The van der Waals surface area contributed by atoms with Crippen LogP contribution in [0, 0.1) is 6.92 Å². The van der Waals surface area contributed by atoms with Crippen LogP contribution >= 0.6 is 0 Å². The highest BCUT2D eigenvalue weighted by atomic mass is 32.2. The maximum atomic E-state index is 13.0. The maximum absolute atomic E-state index is 13.0. The monoisotopic (exact) mass is 536 g/mol. The van der Waals surface area contributed by atoms with E-state index in [1.807, 2.05) is 6.07 Å². The minimum Gasteiger partial charge on any atom is -0.441 e. The molecule has 12 heteroatoms. The van der Waals surface area contributed by atoms with Crippen molar-refractivity contribution in [3.8, 4) is 11.5 Å². The molecule has 1 aliphatic heterocycles. The van der Waals surface area contributed by atoms with E-state index in [-0.39, 0.29) is 49.2 Å². The number of nitrogens with zero attached hydrogens (tertiary/aromatic N) is 3. The van der Waals surface area contributed by atoms with Crippen LogP contribution in [-0.4, -0.2) is 60.3 Å². The number of sulfone groups is 1. The summed E-state index contributed by atoms with van der Waals surface area (Å²) in [5.74, 6) is -0.0235. The molecule has 4 rings (SSSR count). The number of carbonyl (C=O) groups excluding carboxylic acids is 1. The minimum atomic E-state index is -4.30. The van der Waals surface area contributed by atoms with Crippen LogP contribution in [0.2, 0.25) is 0 Å². The molecule has 3 heterocycles. The summed E-state index contributed by atoms with van der Waals surface area (Å²) in [7, 11) is -3.63. The molecule has 0 saturated carbocycles. The second kappa shape index (κ2) is 11.0. The fourth-order valence-electron chi connectivity index (χ4n) is 4.23. The topological polar surface area (TPSA) is 105 Å².